The maximum absolute atomic E-state index is 12.9. The summed E-state index contributed by atoms with van der Waals surface area (Å²) in [5.74, 6) is 0.976. The van der Waals surface area contributed by atoms with Crippen LogP contribution in [-0.2, 0) is 14.3 Å². The lowest BCUT2D eigenvalue weighted by Crippen LogP contribution is -2.51. The van der Waals surface area contributed by atoms with Crippen LogP contribution in [0.15, 0.2) is 12.2 Å². The number of hydrogen-bond acceptors (Lipinski definition) is 3. The molecule has 3 nitrogen and oxygen atoms in total. The number of esters is 1. The molecule has 122 valence electrons. The van der Waals surface area contributed by atoms with E-state index in [0.29, 0.717) is 11.8 Å². The normalized spacial score (nSPS) is 52.0. The maximum Gasteiger partial charge on any atom is 0.310 e. The molecule has 0 amide bonds. The fraction of sp³-hybridized carbons (Fsp3) is 0.842. The Labute approximate surface area is 133 Å². The number of ether oxygens (including phenoxy) is 2. The van der Waals surface area contributed by atoms with Crippen molar-refractivity contribution >= 4 is 5.97 Å². The summed E-state index contributed by atoms with van der Waals surface area (Å²) in [5.41, 5.74) is -0.719. The second kappa shape index (κ2) is 3.98. The lowest BCUT2D eigenvalue weighted by Gasteiger charge is -2.43. The predicted molar refractivity (Wildman–Crippen MR) is 84.3 cm³/mol. The van der Waals surface area contributed by atoms with Gasteiger partial charge in [0.2, 0.25) is 0 Å². The summed E-state index contributed by atoms with van der Waals surface area (Å²) in [5, 5.41) is 0. The average molecular weight is 304 g/mol. The number of hydrogen-bond donors (Lipinski definition) is 0. The van der Waals surface area contributed by atoms with Gasteiger partial charge in [-0.15, -0.1) is 0 Å². The molecule has 22 heavy (non-hydrogen) atoms. The van der Waals surface area contributed by atoms with Crippen molar-refractivity contribution in [2.75, 3.05) is 0 Å². The van der Waals surface area contributed by atoms with E-state index >= 15 is 0 Å². The molecule has 0 aromatic carbocycles. The molecular weight excluding hydrogens is 276 g/mol. The van der Waals surface area contributed by atoms with Crippen LogP contribution in [0, 0.1) is 23.2 Å². The number of rotatable bonds is 1. The molecule has 1 heterocycles. The van der Waals surface area contributed by atoms with Crippen LogP contribution < -0.4 is 0 Å². The Bertz CT molecular complexity index is 560. The zero-order chi connectivity index (χ0) is 16.0. The molecule has 3 heteroatoms. The first-order valence-corrected chi connectivity index (χ1v) is 8.77. The smallest absolute Gasteiger partial charge is 0.310 e. The molecule has 2 bridgehead atoms. The third-order valence-corrected chi connectivity index (χ3v) is 6.96. The highest BCUT2D eigenvalue weighted by Crippen LogP contribution is 2.81. The molecule has 2 saturated carbocycles. The van der Waals surface area contributed by atoms with E-state index in [1.54, 1.807) is 0 Å². The van der Waals surface area contributed by atoms with E-state index in [4.69, 9.17) is 9.47 Å². The summed E-state index contributed by atoms with van der Waals surface area (Å²) in [6, 6.07) is 0. The van der Waals surface area contributed by atoms with Gasteiger partial charge in [0, 0.05) is 5.41 Å². The van der Waals surface area contributed by atoms with Crippen LogP contribution in [0.2, 0.25) is 0 Å². The molecule has 1 saturated heterocycles. The summed E-state index contributed by atoms with van der Waals surface area (Å²) < 4.78 is 12.2. The van der Waals surface area contributed by atoms with Crippen LogP contribution in [0.1, 0.15) is 60.3 Å². The molecule has 2 spiro atoms. The Morgan fingerprint density at radius 2 is 2.09 bits per heavy atom. The molecule has 0 unspecified atom stereocenters. The average Bonchev–Trinajstić information content (AvgIpc) is 2.81. The van der Waals surface area contributed by atoms with Crippen molar-refractivity contribution in [3.8, 4) is 0 Å². The first-order valence-electron chi connectivity index (χ1n) is 8.77. The Balaban J connectivity index is 1.75. The van der Waals surface area contributed by atoms with Crippen molar-refractivity contribution in [2.24, 2.45) is 23.2 Å². The van der Waals surface area contributed by atoms with Crippen LogP contribution in [-0.4, -0.2) is 22.8 Å². The molecular formula is C19H28O3. The van der Waals surface area contributed by atoms with E-state index in [9.17, 15) is 4.79 Å². The van der Waals surface area contributed by atoms with E-state index in [-0.39, 0.29) is 28.5 Å². The minimum atomic E-state index is -0.416. The Morgan fingerprint density at radius 3 is 2.77 bits per heavy atom. The highest BCUT2D eigenvalue weighted by molar-refractivity contribution is 5.76. The van der Waals surface area contributed by atoms with Gasteiger partial charge >= 0.3 is 5.97 Å². The van der Waals surface area contributed by atoms with E-state index < -0.39 is 5.60 Å². The minimum absolute atomic E-state index is 0.00549. The lowest BCUT2D eigenvalue weighted by atomic mass is 9.59. The summed E-state index contributed by atoms with van der Waals surface area (Å²) in [7, 11) is 0. The second-order valence-corrected chi connectivity index (χ2v) is 9.09. The monoisotopic (exact) mass is 304 g/mol. The van der Waals surface area contributed by atoms with Gasteiger partial charge in [0.1, 0.15) is 16.8 Å². The highest BCUT2D eigenvalue weighted by atomic mass is 16.6. The van der Waals surface area contributed by atoms with Gasteiger partial charge in [-0.05, 0) is 65.2 Å². The Hall–Kier alpha value is -0.830. The van der Waals surface area contributed by atoms with Gasteiger partial charge in [-0.25, -0.2) is 0 Å². The van der Waals surface area contributed by atoms with Crippen LogP contribution in [0.5, 0.6) is 0 Å². The molecule has 0 radical (unpaired) electrons. The molecule has 1 aliphatic heterocycles. The topological polar surface area (TPSA) is 38.8 Å². The van der Waals surface area contributed by atoms with Crippen molar-refractivity contribution in [1.29, 1.82) is 0 Å². The highest BCUT2D eigenvalue weighted by Gasteiger charge is 2.88. The minimum Gasteiger partial charge on any atom is -0.460 e. The standard InChI is InChI=1S/C19H28O3/c1-12-8-6-7-9-19-17(5,22-19)13-10-14(18(12,19)11-13)15(20)21-16(2,3)4/h7,9,12-14H,6,8,10-11H2,1-5H3/t12-,13+,14+,17-,18-,19-/m0/s1. The van der Waals surface area contributed by atoms with Crippen molar-refractivity contribution < 1.29 is 14.3 Å². The molecule has 0 aromatic heterocycles. The third-order valence-electron chi connectivity index (χ3n) is 6.96. The quantitative estimate of drug-likeness (QED) is 0.419. The number of fused-ring (bicyclic) bond motifs is 2. The van der Waals surface area contributed by atoms with Crippen molar-refractivity contribution in [3.63, 3.8) is 0 Å². The van der Waals surface area contributed by atoms with Gasteiger partial charge in [0.05, 0.1) is 5.92 Å². The summed E-state index contributed by atoms with van der Waals surface area (Å²) in [6.45, 7) is 10.5. The van der Waals surface area contributed by atoms with E-state index in [0.717, 1.165) is 25.7 Å². The molecule has 0 N–H and O–H groups in total. The number of epoxide rings is 1. The van der Waals surface area contributed by atoms with Crippen molar-refractivity contribution in [2.45, 2.75) is 77.1 Å². The first-order chi connectivity index (χ1) is 10.2. The molecule has 3 aliphatic carbocycles. The molecule has 0 aromatic rings. The molecule has 3 fully saturated rings. The van der Waals surface area contributed by atoms with Crippen LogP contribution in [0.4, 0.5) is 0 Å². The van der Waals surface area contributed by atoms with E-state index in [1.807, 2.05) is 20.8 Å². The van der Waals surface area contributed by atoms with E-state index in [2.05, 4.69) is 26.0 Å². The largest absolute Gasteiger partial charge is 0.460 e. The van der Waals surface area contributed by atoms with Gasteiger partial charge in [0.15, 0.2) is 0 Å². The first kappa shape index (κ1) is 14.7. The van der Waals surface area contributed by atoms with Gasteiger partial charge in [-0.3, -0.25) is 4.79 Å². The van der Waals surface area contributed by atoms with Crippen molar-refractivity contribution in [3.05, 3.63) is 12.2 Å². The van der Waals surface area contributed by atoms with Crippen LogP contribution in [0.3, 0.4) is 0 Å². The SMILES string of the molecule is C[C@H]1CCC=C[C@]23O[C@@]2(C)[C@@H]2C[C@H](C(=O)OC(C)(C)C)[C@]13C2. The lowest BCUT2D eigenvalue weighted by molar-refractivity contribution is -0.167. The summed E-state index contributed by atoms with van der Waals surface area (Å²) in [4.78, 5) is 12.9. The predicted octanol–water partition coefficient (Wildman–Crippen LogP) is 3.87. The number of carbonyl (C=O) groups excluding carboxylic acids is 1. The van der Waals surface area contributed by atoms with Crippen LogP contribution >= 0.6 is 0 Å². The molecule has 4 aliphatic rings. The third kappa shape index (κ3) is 1.49. The van der Waals surface area contributed by atoms with Crippen molar-refractivity contribution in [1.82, 2.24) is 0 Å². The fourth-order valence-corrected chi connectivity index (χ4v) is 6.01. The zero-order valence-corrected chi connectivity index (χ0v) is 14.4. The van der Waals surface area contributed by atoms with Gasteiger partial charge in [0.25, 0.3) is 0 Å². The Morgan fingerprint density at radius 1 is 1.36 bits per heavy atom. The van der Waals surface area contributed by atoms with Gasteiger partial charge in [-0.1, -0.05) is 19.1 Å². The number of carbonyl (C=O) groups is 1. The van der Waals surface area contributed by atoms with Gasteiger partial charge < -0.3 is 9.47 Å². The van der Waals surface area contributed by atoms with Gasteiger partial charge in [-0.2, -0.15) is 0 Å². The zero-order valence-electron chi connectivity index (χ0n) is 14.4. The second-order valence-electron chi connectivity index (χ2n) is 9.09. The summed E-state index contributed by atoms with van der Waals surface area (Å²) in [6.07, 6.45) is 8.88. The maximum atomic E-state index is 12.9. The van der Waals surface area contributed by atoms with E-state index in [1.165, 1.54) is 0 Å². The molecule has 4 rings (SSSR count). The fourth-order valence-electron chi connectivity index (χ4n) is 6.01. The number of allylic oxidation sites excluding steroid dienone is 1. The van der Waals surface area contributed by atoms with Crippen LogP contribution in [0.25, 0.3) is 0 Å². The molecule has 6 atom stereocenters. The summed E-state index contributed by atoms with van der Waals surface area (Å²) >= 11 is 0. The Kier molecular flexibility index (Phi) is 2.67.